The minimum absolute atomic E-state index is 0.312. The number of nitrogens with zero attached hydrogens (tertiary/aromatic N) is 3. The number of aromatic nitrogens is 2. The molecule has 4 nitrogen and oxygen atoms in total. The second kappa shape index (κ2) is 4.99. The summed E-state index contributed by atoms with van der Waals surface area (Å²) in [6.07, 6.45) is 2.52. The Morgan fingerprint density at radius 2 is 2.44 bits per heavy atom. The lowest BCUT2D eigenvalue weighted by Crippen LogP contribution is -2.31. The summed E-state index contributed by atoms with van der Waals surface area (Å²) in [5.74, 6) is 0.853. The second-order valence-electron chi connectivity index (χ2n) is 4.64. The molecule has 0 aliphatic carbocycles. The van der Waals surface area contributed by atoms with Gasteiger partial charge in [0.25, 0.3) is 0 Å². The van der Waals surface area contributed by atoms with Crippen molar-refractivity contribution in [1.82, 2.24) is 14.9 Å². The Morgan fingerprint density at radius 3 is 3.22 bits per heavy atom. The second-order valence-corrected chi connectivity index (χ2v) is 5.87. The maximum absolute atomic E-state index is 5.94. The Bertz CT molecular complexity index is 556. The first-order chi connectivity index (χ1) is 8.74. The molecule has 0 radical (unpaired) electrons. The van der Waals surface area contributed by atoms with Crippen LogP contribution in [0, 0.1) is 0 Å². The van der Waals surface area contributed by atoms with Crippen LogP contribution in [0.5, 0.6) is 0 Å². The molecule has 1 unspecified atom stereocenters. The van der Waals surface area contributed by atoms with Gasteiger partial charge < -0.3 is 10.2 Å². The molecule has 96 valence electrons. The zero-order valence-corrected chi connectivity index (χ0v) is 11.8. The molecular weight excluding hydrogens is 268 g/mol. The summed E-state index contributed by atoms with van der Waals surface area (Å²) in [5, 5.41) is 6.81. The number of hydrogen-bond acceptors (Lipinski definition) is 5. The highest BCUT2D eigenvalue weighted by atomic mass is 35.5. The van der Waals surface area contributed by atoms with Crippen molar-refractivity contribution >= 4 is 39.0 Å². The number of nitrogens with one attached hydrogen (secondary N) is 1. The van der Waals surface area contributed by atoms with Gasteiger partial charge in [0.1, 0.15) is 10.6 Å². The fraction of sp³-hybridized carbons (Fsp3) is 0.500. The van der Waals surface area contributed by atoms with Crippen LogP contribution in [-0.4, -0.2) is 41.0 Å². The highest BCUT2D eigenvalue weighted by Gasteiger charge is 2.20. The third-order valence-corrected chi connectivity index (χ3v) is 4.45. The van der Waals surface area contributed by atoms with E-state index >= 15 is 0 Å². The molecule has 0 bridgehead atoms. The summed E-state index contributed by atoms with van der Waals surface area (Å²) in [7, 11) is 2.17. The van der Waals surface area contributed by atoms with Crippen molar-refractivity contribution in [3.05, 3.63) is 16.7 Å². The van der Waals surface area contributed by atoms with Crippen LogP contribution in [0.1, 0.15) is 12.8 Å². The normalized spacial score (nSPS) is 20.7. The topological polar surface area (TPSA) is 41.0 Å². The molecule has 0 spiro atoms. The summed E-state index contributed by atoms with van der Waals surface area (Å²) < 4.78 is 0. The smallest absolute Gasteiger partial charge is 0.225 e. The van der Waals surface area contributed by atoms with Gasteiger partial charge in [0.15, 0.2) is 0 Å². The minimum atomic E-state index is 0.312. The molecule has 0 saturated carbocycles. The van der Waals surface area contributed by atoms with Crippen molar-refractivity contribution in [2.45, 2.75) is 18.9 Å². The Hall–Kier alpha value is -0.910. The van der Waals surface area contributed by atoms with Gasteiger partial charge in [-0.1, -0.05) is 0 Å². The van der Waals surface area contributed by atoms with Crippen molar-refractivity contribution in [2.75, 3.05) is 25.5 Å². The summed E-state index contributed by atoms with van der Waals surface area (Å²) in [5.41, 5.74) is 0. The molecule has 18 heavy (non-hydrogen) atoms. The maximum atomic E-state index is 5.94. The molecule has 1 atom stereocenters. The average molecular weight is 283 g/mol. The molecule has 2 aromatic rings. The number of halogens is 1. The van der Waals surface area contributed by atoms with E-state index in [1.54, 1.807) is 11.3 Å². The first-order valence-electron chi connectivity index (χ1n) is 6.09. The molecule has 1 N–H and O–H groups in total. The number of hydrogen-bond donors (Lipinski definition) is 1. The van der Waals surface area contributed by atoms with Crippen LogP contribution in [0.2, 0.25) is 5.28 Å². The zero-order valence-electron chi connectivity index (χ0n) is 10.2. The molecule has 0 aromatic carbocycles. The first kappa shape index (κ1) is 12.1. The summed E-state index contributed by atoms with van der Waals surface area (Å²) in [4.78, 5) is 11.8. The lowest BCUT2D eigenvalue weighted by molar-refractivity contribution is 0.322. The van der Waals surface area contributed by atoms with E-state index in [0.717, 1.165) is 22.6 Å². The first-order valence-corrected chi connectivity index (χ1v) is 7.34. The number of likely N-dealkylation sites (tertiary alicyclic amines) is 1. The van der Waals surface area contributed by atoms with E-state index in [0.29, 0.717) is 11.3 Å². The molecule has 1 aliphatic rings. The van der Waals surface area contributed by atoms with Crippen LogP contribution in [-0.2, 0) is 0 Å². The van der Waals surface area contributed by atoms with Gasteiger partial charge in [0, 0.05) is 12.6 Å². The van der Waals surface area contributed by atoms with E-state index in [4.69, 9.17) is 11.6 Å². The van der Waals surface area contributed by atoms with Gasteiger partial charge in [-0.05, 0) is 49.5 Å². The Balaban J connectivity index is 1.79. The molecule has 1 fully saturated rings. The highest BCUT2D eigenvalue weighted by Crippen LogP contribution is 2.26. The number of anilines is 1. The fourth-order valence-corrected chi connectivity index (χ4v) is 3.40. The van der Waals surface area contributed by atoms with Gasteiger partial charge in [-0.2, -0.15) is 0 Å². The van der Waals surface area contributed by atoms with Gasteiger partial charge in [-0.25, -0.2) is 9.97 Å². The van der Waals surface area contributed by atoms with Crippen molar-refractivity contribution in [3.63, 3.8) is 0 Å². The molecular formula is C12H15ClN4S. The average Bonchev–Trinajstić information content (AvgIpc) is 2.94. The predicted molar refractivity (Wildman–Crippen MR) is 76.6 cm³/mol. The Kier molecular flexibility index (Phi) is 3.37. The number of thiophene rings is 1. The summed E-state index contributed by atoms with van der Waals surface area (Å²) in [6, 6.07) is 2.63. The quantitative estimate of drug-likeness (QED) is 0.879. The Morgan fingerprint density at radius 1 is 1.56 bits per heavy atom. The molecule has 2 aromatic heterocycles. The molecule has 3 rings (SSSR count). The minimum Gasteiger partial charge on any atom is -0.368 e. The van der Waals surface area contributed by atoms with Gasteiger partial charge in [-0.3, -0.25) is 0 Å². The lowest BCUT2D eigenvalue weighted by atomic mass is 10.2. The van der Waals surface area contributed by atoms with E-state index in [9.17, 15) is 0 Å². The van der Waals surface area contributed by atoms with Crippen LogP contribution >= 0.6 is 22.9 Å². The highest BCUT2D eigenvalue weighted by molar-refractivity contribution is 7.16. The van der Waals surface area contributed by atoms with Crippen molar-refractivity contribution in [1.29, 1.82) is 0 Å². The molecule has 0 amide bonds. The Labute approximate surface area is 115 Å². The third kappa shape index (κ3) is 2.30. The third-order valence-electron chi connectivity index (χ3n) is 3.47. The molecule has 1 aliphatic heterocycles. The van der Waals surface area contributed by atoms with E-state index in [-0.39, 0.29) is 0 Å². The lowest BCUT2D eigenvalue weighted by Gasteiger charge is -2.20. The molecule has 1 saturated heterocycles. The zero-order chi connectivity index (χ0) is 12.5. The molecule has 6 heteroatoms. The van der Waals surface area contributed by atoms with E-state index < -0.39 is 0 Å². The van der Waals surface area contributed by atoms with Gasteiger partial charge in [0.2, 0.25) is 5.28 Å². The number of rotatable bonds is 3. The van der Waals surface area contributed by atoms with E-state index in [1.165, 1.54) is 19.4 Å². The van der Waals surface area contributed by atoms with Crippen LogP contribution in [0.3, 0.4) is 0 Å². The van der Waals surface area contributed by atoms with E-state index in [1.807, 2.05) is 11.4 Å². The number of fused-ring (bicyclic) bond motifs is 1. The van der Waals surface area contributed by atoms with Crippen LogP contribution in [0.4, 0.5) is 5.82 Å². The van der Waals surface area contributed by atoms with Crippen molar-refractivity contribution < 1.29 is 0 Å². The van der Waals surface area contributed by atoms with Gasteiger partial charge in [0.05, 0.1) is 5.39 Å². The van der Waals surface area contributed by atoms with Crippen molar-refractivity contribution in [3.8, 4) is 0 Å². The fourth-order valence-electron chi connectivity index (χ4n) is 2.42. The largest absolute Gasteiger partial charge is 0.368 e. The SMILES string of the molecule is CN1CCCC1CNc1nc(Cl)nc2sccc12. The van der Waals surface area contributed by atoms with E-state index in [2.05, 4.69) is 27.2 Å². The van der Waals surface area contributed by atoms with Gasteiger partial charge in [-0.15, -0.1) is 11.3 Å². The molecule has 3 heterocycles. The standard InChI is InChI=1S/C12H15ClN4S/c1-17-5-2-3-8(17)7-14-10-9-4-6-18-11(9)16-12(13)15-10/h4,6,8H,2-3,5,7H2,1H3,(H,14,15,16). The number of likely N-dealkylation sites (N-methyl/N-ethyl adjacent to an activating group) is 1. The van der Waals surface area contributed by atoms with Crippen LogP contribution < -0.4 is 5.32 Å². The predicted octanol–water partition coefficient (Wildman–Crippen LogP) is 2.85. The van der Waals surface area contributed by atoms with Crippen LogP contribution in [0.15, 0.2) is 11.4 Å². The maximum Gasteiger partial charge on any atom is 0.225 e. The van der Waals surface area contributed by atoms with Gasteiger partial charge >= 0.3 is 0 Å². The summed E-state index contributed by atoms with van der Waals surface area (Å²) >= 11 is 7.53. The van der Waals surface area contributed by atoms with Crippen molar-refractivity contribution in [2.24, 2.45) is 0 Å². The van der Waals surface area contributed by atoms with Crippen LogP contribution in [0.25, 0.3) is 10.2 Å². The monoisotopic (exact) mass is 282 g/mol. The summed E-state index contributed by atoms with van der Waals surface area (Å²) in [6.45, 7) is 2.10.